The minimum atomic E-state index is -0.114. The monoisotopic (exact) mass is 249 g/mol. The molecule has 1 fully saturated rings. The maximum absolute atomic E-state index is 13.5. The number of halogens is 1. The smallest absolute Gasteiger partial charge is 0.128 e. The van der Waals surface area contributed by atoms with E-state index in [1.165, 1.54) is 25.7 Å². The van der Waals surface area contributed by atoms with Crippen molar-refractivity contribution in [2.24, 2.45) is 11.8 Å². The second-order valence-electron chi connectivity index (χ2n) is 5.91. The first kappa shape index (κ1) is 13.4. The fourth-order valence-corrected chi connectivity index (χ4v) is 3.03. The third-order valence-corrected chi connectivity index (χ3v) is 4.20. The van der Waals surface area contributed by atoms with Gasteiger partial charge in [-0.3, -0.25) is 0 Å². The Morgan fingerprint density at radius 1 is 1.22 bits per heavy atom. The molecule has 0 radical (unpaired) electrons. The first-order valence-electron chi connectivity index (χ1n) is 7.10. The van der Waals surface area contributed by atoms with Crippen LogP contribution in [0.1, 0.15) is 45.1 Å². The van der Waals surface area contributed by atoms with Crippen molar-refractivity contribution in [3.8, 4) is 0 Å². The molecule has 1 aromatic rings. The van der Waals surface area contributed by atoms with E-state index in [0.717, 1.165) is 5.69 Å². The minimum Gasteiger partial charge on any atom is -0.382 e. The zero-order valence-electron chi connectivity index (χ0n) is 11.7. The fraction of sp³-hybridized carbons (Fsp3) is 0.625. The van der Waals surface area contributed by atoms with Crippen LogP contribution in [0, 0.1) is 24.6 Å². The standard InChI is InChI=1S/C16H24FN/c1-11(2)14-6-4-5-7-16(14)18-13-9-8-12(3)15(17)10-13/h8-11,14,16,18H,4-7H2,1-3H3. The van der Waals surface area contributed by atoms with E-state index in [4.69, 9.17) is 0 Å². The lowest BCUT2D eigenvalue weighted by atomic mass is 9.78. The van der Waals surface area contributed by atoms with E-state index in [0.29, 0.717) is 23.4 Å². The van der Waals surface area contributed by atoms with E-state index < -0.39 is 0 Å². The van der Waals surface area contributed by atoms with E-state index in [1.807, 2.05) is 12.1 Å². The maximum atomic E-state index is 13.5. The largest absolute Gasteiger partial charge is 0.382 e. The number of nitrogens with one attached hydrogen (secondary N) is 1. The highest BCUT2D eigenvalue weighted by atomic mass is 19.1. The van der Waals surface area contributed by atoms with Crippen molar-refractivity contribution in [2.75, 3.05) is 5.32 Å². The van der Waals surface area contributed by atoms with Gasteiger partial charge in [-0.25, -0.2) is 4.39 Å². The summed E-state index contributed by atoms with van der Waals surface area (Å²) in [6.07, 6.45) is 5.13. The van der Waals surface area contributed by atoms with Gasteiger partial charge in [0.15, 0.2) is 0 Å². The Kier molecular flexibility index (Phi) is 4.26. The first-order valence-corrected chi connectivity index (χ1v) is 7.10. The van der Waals surface area contributed by atoms with Gasteiger partial charge in [0.05, 0.1) is 0 Å². The molecule has 1 aliphatic rings. The molecule has 18 heavy (non-hydrogen) atoms. The summed E-state index contributed by atoms with van der Waals surface area (Å²) in [6, 6.07) is 5.97. The van der Waals surface area contributed by atoms with Crippen molar-refractivity contribution in [1.82, 2.24) is 0 Å². The van der Waals surface area contributed by atoms with Crippen molar-refractivity contribution in [2.45, 2.75) is 52.5 Å². The molecule has 1 aromatic carbocycles. The Hall–Kier alpha value is -1.05. The van der Waals surface area contributed by atoms with Crippen LogP contribution in [0.15, 0.2) is 18.2 Å². The molecule has 0 heterocycles. The number of benzene rings is 1. The lowest BCUT2D eigenvalue weighted by molar-refractivity contribution is 0.254. The average molecular weight is 249 g/mol. The summed E-state index contributed by atoms with van der Waals surface area (Å²) in [4.78, 5) is 0. The summed E-state index contributed by atoms with van der Waals surface area (Å²) in [6.45, 7) is 6.39. The summed E-state index contributed by atoms with van der Waals surface area (Å²) in [5, 5.41) is 3.54. The molecule has 2 heteroatoms. The number of hydrogen-bond acceptors (Lipinski definition) is 1. The number of aryl methyl sites for hydroxylation is 1. The van der Waals surface area contributed by atoms with Gasteiger partial charge >= 0.3 is 0 Å². The minimum absolute atomic E-state index is 0.114. The molecule has 0 saturated heterocycles. The lowest BCUT2D eigenvalue weighted by Crippen LogP contribution is -2.35. The third-order valence-electron chi connectivity index (χ3n) is 4.20. The molecule has 1 N–H and O–H groups in total. The van der Waals surface area contributed by atoms with Crippen LogP contribution in [0.5, 0.6) is 0 Å². The van der Waals surface area contributed by atoms with Gasteiger partial charge in [0.2, 0.25) is 0 Å². The van der Waals surface area contributed by atoms with Crippen molar-refractivity contribution in [3.63, 3.8) is 0 Å². The molecule has 0 bridgehead atoms. The second-order valence-corrected chi connectivity index (χ2v) is 5.91. The molecule has 100 valence electrons. The van der Waals surface area contributed by atoms with E-state index in [2.05, 4.69) is 19.2 Å². The van der Waals surface area contributed by atoms with E-state index in [1.54, 1.807) is 13.0 Å². The molecular formula is C16H24FN. The van der Waals surface area contributed by atoms with Gasteiger partial charge < -0.3 is 5.32 Å². The number of anilines is 1. The van der Waals surface area contributed by atoms with Gasteiger partial charge in [0.25, 0.3) is 0 Å². The molecule has 0 aromatic heterocycles. The van der Waals surface area contributed by atoms with Crippen molar-refractivity contribution < 1.29 is 4.39 Å². The molecule has 0 amide bonds. The normalized spacial score (nSPS) is 24.3. The Bertz CT molecular complexity index is 400. The average Bonchev–Trinajstić information content (AvgIpc) is 2.34. The lowest BCUT2D eigenvalue weighted by Gasteiger charge is -2.35. The van der Waals surface area contributed by atoms with Crippen LogP contribution in [0.2, 0.25) is 0 Å². The molecule has 0 spiro atoms. The highest BCUT2D eigenvalue weighted by Crippen LogP contribution is 2.32. The van der Waals surface area contributed by atoms with Crippen LogP contribution in [0.25, 0.3) is 0 Å². The maximum Gasteiger partial charge on any atom is 0.128 e. The van der Waals surface area contributed by atoms with E-state index >= 15 is 0 Å². The fourth-order valence-electron chi connectivity index (χ4n) is 3.03. The molecule has 1 aliphatic carbocycles. The quantitative estimate of drug-likeness (QED) is 0.814. The van der Waals surface area contributed by atoms with Crippen molar-refractivity contribution in [1.29, 1.82) is 0 Å². The molecule has 0 aliphatic heterocycles. The number of hydrogen-bond donors (Lipinski definition) is 1. The topological polar surface area (TPSA) is 12.0 Å². The van der Waals surface area contributed by atoms with Crippen LogP contribution in [0.3, 0.4) is 0 Å². The Labute approximate surface area is 110 Å². The molecular weight excluding hydrogens is 225 g/mol. The van der Waals surface area contributed by atoms with E-state index in [9.17, 15) is 4.39 Å². The molecule has 2 atom stereocenters. The molecule has 2 rings (SSSR count). The molecule has 2 unspecified atom stereocenters. The summed E-state index contributed by atoms with van der Waals surface area (Å²) < 4.78 is 13.5. The van der Waals surface area contributed by atoms with E-state index in [-0.39, 0.29) is 5.82 Å². The Morgan fingerprint density at radius 3 is 2.61 bits per heavy atom. The highest BCUT2D eigenvalue weighted by molar-refractivity contribution is 5.46. The predicted octanol–water partition coefficient (Wildman–Crippen LogP) is 4.76. The van der Waals surface area contributed by atoms with Gasteiger partial charge in [-0.15, -0.1) is 0 Å². The Morgan fingerprint density at radius 2 is 1.94 bits per heavy atom. The van der Waals surface area contributed by atoms with Crippen LogP contribution in [0.4, 0.5) is 10.1 Å². The summed E-state index contributed by atoms with van der Waals surface area (Å²) >= 11 is 0. The second kappa shape index (κ2) is 5.73. The van der Waals surface area contributed by atoms with Gasteiger partial charge in [0.1, 0.15) is 5.82 Å². The van der Waals surface area contributed by atoms with Crippen molar-refractivity contribution >= 4 is 5.69 Å². The SMILES string of the molecule is Cc1ccc(NC2CCCCC2C(C)C)cc1F. The summed E-state index contributed by atoms with van der Waals surface area (Å²) in [5.74, 6) is 1.29. The van der Waals surface area contributed by atoms with Crippen LogP contribution in [-0.4, -0.2) is 6.04 Å². The predicted molar refractivity (Wildman–Crippen MR) is 75.3 cm³/mol. The summed E-state index contributed by atoms with van der Waals surface area (Å²) in [5.41, 5.74) is 1.64. The van der Waals surface area contributed by atoms with Crippen LogP contribution >= 0.6 is 0 Å². The third kappa shape index (κ3) is 3.04. The van der Waals surface area contributed by atoms with Gasteiger partial charge in [-0.05, 0) is 49.3 Å². The Balaban J connectivity index is 2.08. The van der Waals surface area contributed by atoms with Gasteiger partial charge in [-0.2, -0.15) is 0 Å². The highest BCUT2D eigenvalue weighted by Gasteiger charge is 2.27. The van der Waals surface area contributed by atoms with Gasteiger partial charge in [0, 0.05) is 11.7 Å². The van der Waals surface area contributed by atoms with Crippen LogP contribution < -0.4 is 5.32 Å². The molecule has 1 nitrogen and oxygen atoms in total. The number of rotatable bonds is 3. The zero-order chi connectivity index (χ0) is 13.1. The summed E-state index contributed by atoms with van der Waals surface area (Å²) in [7, 11) is 0. The first-order chi connectivity index (χ1) is 8.58. The van der Waals surface area contributed by atoms with Gasteiger partial charge in [-0.1, -0.05) is 32.8 Å². The van der Waals surface area contributed by atoms with Crippen LogP contribution in [-0.2, 0) is 0 Å². The van der Waals surface area contributed by atoms with Crippen molar-refractivity contribution in [3.05, 3.63) is 29.6 Å². The molecule has 1 saturated carbocycles. The zero-order valence-corrected chi connectivity index (χ0v) is 11.7.